The molecule has 3 aromatic rings. The number of ether oxygens (including phenoxy) is 1. The molecule has 172 valence electrons. The molecule has 3 N–H and O–H groups in total. The summed E-state index contributed by atoms with van der Waals surface area (Å²) < 4.78 is 8.46. The fraction of sp³-hybridized carbons (Fsp3) is 0.391. The van der Waals surface area contributed by atoms with Gasteiger partial charge in [0.25, 0.3) is 0 Å². The van der Waals surface area contributed by atoms with Crippen molar-refractivity contribution in [1.82, 2.24) is 35.5 Å². The minimum Gasteiger partial charge on any atom is -0.497 e. The molecule has 1 aromatic carbocycles. The van der Waals surface area contributed by atoms with E-state index in [-0.39, 0.29) is 29.7 Å². The van der Waals surface area contributed by atoms with Crippen molar-refractivity contribution >= 4 is 5.91 Å². The normalized spacial score (nSPS) is 20.0. The second-order valence-electron chi connectivity index (χ2n) is 8.37. The Morgan fingerprint density at radius 2 is 2.12 bits per heavy atom. The summed E-state index contributed by atoms with van der Waals surface area (Å²) in [6.45, 7) is 0.617. The molecule has 10 heteroatoms. The first-order chi connectivity index (χ1) is 16.1. The highest BCUT2D eigenvalue weighted by Gasteiger charge is 2.31. The molecule has 0 radical (unpaired) electrons. The number of hydrogen-bond donors (Lipinski definition) is 3. The SMILES string of the molecule is COc1cccc(C2CC(C(=O)NCCn3nc(-c4cccnc4)n(C4CC4)c3=O)NN2)c1. The molecule has 5 rings (SSSR count). The smallest absolute Gasteiger partial charge is 0.346 e. The van der Waals surface area contributed by atoms with Crippen LogP contribution in [0.25, 0.3) is 11.4 Å². The maximum absolute atomic E-state index is 12.9. The summed E-state index contributed by atoms with van der Waals surface area (Å²) in [6, 6.07) is 11.4. The number of hydrogen-bond acceptors (Lipinski definition) is 7. The molecule has 10 nitrogen and oxygen atoms in total. The van der Waals surface area contributed by atoms with Gasteiger partial charge in [0.05, 0.1) is 13.7 Å². The van der Waals surface area contributed by atoms with Crippen molar-refractivity contribution in [3.05, 3.63) is 64.8 Å². The van der Waals surface area contributed by atoms with Crippen molar-refractivity contribution in [2.24, 2.45) is 0 Å². The molecule has 0 spiro atoms. The molecule has 2 atom stereocenters. The van der Waals surface area contributed by atoms with Crippen molar-refractivity contribution in [3.63, 3.8) is 0 Å². The van der Waals surface area contributed by atoms with Gasteiger partial charge in [0.2, 0.25) is 5.91 Å². The van der Waals surface area contributed by atoms with Crippen molar-refractivity contribution in [2.45, 2.75) is 43.9 Å². The maximum Gasteiger partial charge on any atom is 0.346 e. The third-order valence-corrected chi connectivity index (χ3v) is 6.04. The predicted molar refractivity (Wildman–Crippen MR) is 121 cm³/mol. The second-order valence-corrected chi connectivity index (χ2v) is 8.37. The quantitative estimate of drug-likeness (QED) is 0.473. The number of hydrazine groups is 1. The zero-order valence-electron chi connectivity index (χ0n) is 18.4. The van der Waals surface area contributed by atoms with Crippen LogP contribution < -0.4 is 26.6 Å². The van der Waals surface area contributed by atoms with E-state index in [1.807, 2.05) is 36.4 Å². The van der Waals surface area contributed by atoms with Gasteiger partial charge in [-0.3, -0.25) is 14.3 Å². The topological polar surface area (TPSA) is 115 Å². The molecule has 1 aliphatic heterocycles. The Balaban J connectivity index is 1.20. The number of rotatable bonds is 8. The highest BCUT2D eigenvalue weighted by molar-refractivity contribution is 5.82. The van der Waals surface area contributed by atoms with Crippen LogP contribution in [0.4, 0.5) is 0 Å². The first-order valence-corrected chi connectivity index (χ1v) is 11.2. The molecule has 3 heterocycles. The fourth-order valence-corrected chi connectivity index (χ4v) is 4.13. The average molecular weight is 450 g/mol. The van der Waals surface area contributed by atoms with Crippen LogP contribution in [0.3, 0.4) is 0 Å². The van der Waals surface area contributed by atoms with E-state index in [0.29, 0.717) is 25.3 Å². The van der Waals surface area contributed by atoms with Gasteiger partial charge >= 0.3 is 5.69 Å². The van der Waals surface area contributed by atoms with Crippen LogP contribution in [0.5, 0.6) is 5.75 Å². The number of methoxy groups -OCH3 is 1. The van der Waals surface area contributed by atoms with Crippen LogP contribution in [0.15, 0.2) is 53.6 Å². The number of aromatic nitrogens is 4. The molecule has 1 aliphatic carbocycles. The molecule has 1 amide bonds. The van der Waals surface area contributed by atoms with E-state index < -0.39 is 0 Å². The van der Waals surface area contributed by atoms with E-state index in [1.165, 1.54) is 4.68 Å². The number of nitrogens with zero attached hydrogens (tertiary/aromatic N) is 4. The van der Waals surface area contributed by atoms with Gasteiger partial charge in [-0.25, -0.2) is 20.3 Å². The van der Waals surface area contributed by atoms with E-state index in [2.05, 4.69) is 26.3 Å². The molecule has 0 bridgehead atoms. The number of pyridine rings is 1. The van der Waals surface area contributed by atoms with Crippen LogP contribution in [-0.4, -0.2) is 44.9 Å². The van der Waals surface area contributed by atoms with E-state index in [9.17, 15) is 9.59 Å². The van der Waals surface area contributed by atoms with Crippen molar-refractivity contribution < 1.29 is 9.53 Å². The van der Waals surface area contributed by atoms with E-state index >= 15 is 0 Å². The zero-order chi connectivity index (χ0) is 22.8. The summed E-state index contributed by atoms with van der Waals surface area (Å²) in [6.07, 6.45) is 5.97. The summed E-state index contributed by atoms with van der Waals surface area (Å²) in [5.74, 6) is 1.30. The molecule has 33 heavy (non-hydrogen) atoms. The van der Waals surface area contributed by atoms with Gasteiger partial charge in [-0.2, -0.15) is 0 Å². The molecule has 2 aromatic heterocycles. The van der Waals surface area contributed by atoms with Crippen molar-refractivity contribution in [3.8, 4) is 17.1 Å². The number of benzene rings is 1. The third-order valence-electron chi connectivity index (χ3n) is 6.04. The summed E-state index contributed by atoms with van der Waals surface area (Å²) in [5, 5.41) is 7.46. The first kappa shape index (κ1) is 21.4. The summed E-state index contributed by atoms with van der Waals surface area (Å²) in [7, 11) is 1.63. The minimum atomic E-state index is -0.368. The lowest BCUT2D eigenvalue weighted by Crippen LogP contribution is -2.44. The molecule has 1 saturated heterocycles. The molecular formula is C23H27N7O3. The van der Waals surface area contributed by atoms with Crippen molar-refractivity contribution in [1.29, 1.82) is 0 Å². The lowest BCUT2D eigenvalue weighted by molar-refractivity contribution is -0.122. The van der Waals surface area contributed by atoms with Crippen LogP contribution >= 0.6 is 0 Å². The van der Waals surface area contributed by atoms with Crippen LogP contribution in [-0.2, 0) is 11.3 Å². The predicted octanol–water partition coefficient (Wildman–Crippen LogP) is 1.17. The highest BCUT2D eigenvalue weighted by atomic mass is 16.5. The Bertz CT molecular complexity index is 1190. The molecule has 2 unspecified atom stereocenters. The minimum absolute atomic E-state index is 0.00903. The lowest BCUT2D eigenvalue weighted by Gasteiger charge is -2.11. The van der Waals surface area contributed by atoms with Gasteiger partial charge in [0, 0.05) is 36.6 Å². The van der Waals surface area contributed by atoms with Gasteiger partial charge in [-0.1, -0.05) is 12.1 Å². The van der Waals surface area contributed by atoms with Gasteiger partial charge in [0.1, 0.15) is 11.8 Å². The van der Waals surface area contributed by atoms with Crippen LogP contribution in [0.1, 0.15) is 36.9 Å². The summed E-state index contributed by atoms with van der Waals surface area (Å²) >= 11 is 0. The standard InChI is InChI=1S/C23H27N7O3/c1-33-18-6-2-4-15(12-18)19-13-20(27-26-19)22(31)25-10-11-29-23(32)30(17-7-8-17)21(28-29)16-5-3-9-24-14-16/h2-6,9,12,14,17,19-20,26-27H,7-8,10-11,13H2,1H3,(H,25,31). The third kappa shape index (κ3) is 4.53. The Kier molecular flexibility index (Phi) is 5.93. The Morgan fingerprint density at radius 1 is 1.24 bits per heavy atom. The molecule has 1 saturated carbocycles. The Hall–Kier alpha value is -3.50. The molecular weight excluding hydrogens is 422 g/mol. The monoisotopic (exact) mass is 449 g/mol. The Labute approximate surface area is 190 Å². The second kappa shape index (κ2) is 9.16. The van der Waals surface area contributed by atoms with Gasteiger partial charge in [-0.05, 0) is 49.1 Å². The van der Waals surface area contributed by atoms with Gasteiger partial charge < -0.3 is 10.1 Å². The van der Waals surface area contributed by atoms with Crippen LogP contribution in [0.2, 0.25) is 0 Å². The number of carbonyl (C=O) groups is 1. The Morgan fingerprint density at radius 3 is 2.88 bits per heavy atom. The number of amides is 1. The number of nitrogens with one attached hydrogen (secondary N) is 3. The lowest BCUT2D eigenvalue weighted by atomic mass is 10.0. The average Bonchev–Trinajstić information content (AvgIpc) is 3.46. The fourth-order valence-electron chi connectivity index (χ4n) is 4.13. The summed E-state index contributed by atoms with van der Waals surface area (Å²) in [5.41, 5.74) is 7.96. The van der Waals surface area contributed by atoms with Gasteiger partial charge in [0.15, 0.2) is 5.82 Å². The van der Waals surface area contributed by atoms with Crippen molar-refractivity contribution in [2.75, 3.05) is 13.7 Å². The van der Waals surface area contributed by atoms with E-state index in [4.69, 9.17) is 4.74 Å². The molecule has 2 fully saturated rings. The molecule has 2 aliphatic rings. The highest BCUT2D eigenvalue weighted by Crippen LogP contribution is 2.36. The van der Waals surface area contributed by atoms with E-state index in [1.54, 1.807) is 24.1 Å². The van der Waals surface area contributed by atoms with E-state index in [0.717, 1.165) is 29.7 Å². The first-order valence-electron chi connectivity index (χ1n) is 11.2. The summed E-state index contributed by atoms with van der Waals surface area (Å²) in [4.78, 5) is 29.7. The maximum atomic E-state index is 12.9. The zero-order valence-corrected chi connectivity index (χ0v) is 18.4. The largest absolute Gasteiger partial charge is 0.497 e. The number of carbonyl (C=O) groups excluding carboxylic acids is 1. The van der Waals surface area contributed by atoms with Gasteiger partial charge in [-0.15, -0.1) is 5.10 Å². The van der Waals surface area contributed by atoms with Crippen LogP contribution in [0, 0.1) is 0 Å².